The molecule has 19 heavy (non-hydrogen) atoms. The normalized spacial score (nSPS) is 16.9. The van der Waals surface area contributed by atoms with Crippen molar-refractivity contribution < 1.29 is 18.0 Å². The first-order chi connectivity index (χ1) is 8.74. The third-order valence-corrected chi connectivity index (χ3v) is 3.27. The fourth-order valence-corrected chi connectivity index (χ4v) is 1.91. The molecule has 0 unspecified atom stereocenters. The summed E-state index contributed by atoms with van der Waals surface area (Å²) in [4.78, 5) is 13.0. The topological polar surface area (TPSA) is 32.3 Å². The van der Waals surface area contributed by atoms with Gasteiger partial charge in [-0.2, -0.15) is 13.2 Å². The number of hydrogen-bond donors (Lipinski definition) is 1. The second-order valence-electron chi connectivity index (χ2n) is 4.98. The van der Waals surface area contributed by atoms with Gasteiger partial charge in [-0.05, 0) is 30.5 Å². The van der Waals surface area contributed by atoms with Gasteiger partial charge in [0.2, 0.25) is 0 Å². The second-order valence-corrected chi connectivity index (χ2v) is 4.98. The maximum absolute atomic E-state index is 12.5. The fourth-order valence-electron chi connectivity index (χ4n) is 1.91. The van der Waals surface area contributed by atoms with Gasteiger partial charge < -0.3 is 10.2 Å². The zero-order valence-corrected chi connectivity index (χ0v) is 10.7. The van der Waals surface area contributed by atoms with Crippen molar-refractivity contribution >= 4 is 6.03 Å². The summed E-state index contributed by atoms with van der Waals surface area (Å²) in [6.07, 6.45) is -2.84. The Bertz CT molecular complexity index is 476. The number of carbonyl (C=O) groups is 1. The van der Waals surface area contributed by atoms with Crippen LogP contribution in [-0.4, -0.2) is 25.0 Å². The van der Waals surface area contributed by atoms with Crippen LogP contribution >= 0.6 is 0 Å². The van der Waals surface area contributed by atoms with Crippen molar-refractivity contribution in [3.63, 3.8) is 0 Å². The Hall–Kier alpha value is -1.72. The highest BCUT2D eigenvalue weighted by Gasteiger charge is 2.46. The SMILES string of the molecule is CN(C)C(=O)NC1(c2ccc(C(F)(F)F)cc2)CC1. The molecule has 1 aromatic carbocycles. The predicted octanol–water partition coefficient (Wildman–Crippen LogP) is 2.97. The first-order valence-corrected chi connectivity index (χ1v) is 5.92. The van der Waals surface area contributed by atoms with E-state index in [9.17, 15) is 18.0 Å². The number of carbonyl (C=O) groups excluding carboxylic acids is 1. The van der Waals surface area contributed by atoms with E-state index < -0.39 is 17.3 Å². The minimum atomic E-state index is -4.33. The van der Waals surface area contributed by atoms with E-state index in [1.165, 1.54) is 17.0 Å². The van der Waals surface area contributed by atoms with Crippen LogP contribution in [0.25, 0.3) is 0 Å². The molecule has 1 saturated carbocycles. The van der Waals surface area contributed by atoms with E-state index in [0.717, 1.165) is 30.5 Å². The lowest BCUT2D eigenvalue weighted by Gasteiger charge is -2.21. The molecule has 2 rings (SSSR count). The van der Waals surface area contributed by atoms with Crippen LogP contribution < -0.4 is 5.32 Å². The van der Waals surface area contributed by atoms with Crippen LogP contribution in [0.5, 0.6) is 0 Å². The van der Waals surface area contributed by atoms with Gasteiger partial charge in [-0.3, -0.25) is 0 Å². The van der Waals surface area contributed by atoms with E-state index in [-0.39, 0.29) is 6.03 Å². The Balaban J connectivity index is 2.16. The molecule has 0 aliphatic heterocycles. The van der Waals surface area contributed by atoms with Crippen molar-refractivity contribution in [1.29, 1.82) is 0 Å². The van der Waals surface area contributed by atoms with Gasteiger partial charge >= 0.3 is 12.2 Å². The van der Waals surface area contributed by atoms with Gasteiger partial charge in [0.05, 0.1) is 11.1 Å². The predicted molar refractivity (Wildman–Crippen MR) is 64.6 cm³/mol. The first kappa shape index (κ1) is 13.7. The molecule has 0 spiro atoms. The molecular formula is C13H15F3N2O. The molecule has 0 heterocycles. The number of alkyl halides is 3. The molecule has 1 aliphatic rings. The van der Waals surface area contributed by atoms with E-state index in [1.807, 2.05) is 0 Å². The van der Waals surface area contributed by atoms with Gasteiger partial charge in [0, 0.05) is 14.1 Å². The molecule has 1 aliphatic carbocycles. The van der Waals surface area contributed by atoms with Crippen molar-refractivity contribution in [2.24, 2.45) is 0 Å². The molecule has 0 radical (unpaired) electrons. The number of nitrogens with one attached hydrogen (secondary N) is 1. The van der Waals surface area contributed by atoms with Crippen LogP contribution in [0, 0.1) is 0 Å². The van der Waals surface area contributed by atoms with Crippen LogP contribution in [0.4, 0.5) is 18.0 Å². The Labute approximate surface area is 109 Å². The largest absolute Gasteiger partial charge is 0.416 e. The highest BCUT2D eigenvalue weighted by molar-refractivity contribution is 5.75. The van der Waals surface area contributed by atoms with Crippen LogP contribution in [0.15, 0.2) is 24.3 Å². The summed E-state index contributed by atoms with van der Waals surface area (Å²) in [5, 5.41) is 2.85. The molecule has 104 valence electrons. The summed E-state index contributed by atoms with van der Waals surface area (Å²) in [5.74, 6) is 0. The Morgan fingerprint density at radius 1 is 1.21 bits per heavy atom. The summed E-state index contributed by atoms with van der Waals surface area (Å²) < 4.78 is 37.4. The molecule has 0 atom stereocenters. The number of benzene rings is 1. The van der Waals surface area contributed by atoms with Crippen LogP contribution in [0.1, 0.15) is 24.0 Å². The zero-order valence-electron chi connectivity index (χ0n) is 10.7. The van der Waals surface area contributed by atoms with E-state index in [2.05, 4.69) is 5.32 Å². The summed E-state index contributed by atoms with van der Waals surface area (Å²) >= 11 is 0. The number of rotatable bonds is 2. The number of nitrogens with zero attached hydrogens (tertiary/aromatic N) is 1. The molecule has 1 N–H and O–H groups in total. The average Bonchev–Trinajstić information content (AvgIpc) is 3.09. The first-order valence-electron chi connectivity index (χ1n) is 5.92. The summed E-state index contributed by atoms with van der Waals surface area (Å²) in [6, 6.07) is 4.74. The minimum absolute atomic E-state index is 0.239. The molecule has 0 bridgehead atoms. The van der Waals surface area contributed by atoms with Gasteiger partial charge in [0.15, 0.2) is 0 Å². The van der Waals surface area contributed by atoms with Gasteiger partial charge in [0.25, 0.3) is 0 Å². The Morgan fingerprint density at radius 2 is 1.74 bits per heavy atom. The third-order valence-electron chi connectivity index (χ3n) is 3.27. The lowest BCUT2D eigenvalue weighted by molar-refractivity contribution is -0.137. The lowest BCUT2D eigenvalue weighted by atomic mass is 10.0. The summed E-state index contributed by atoms with van der Waals surface area (Å²) in [7, 11) is 3.25. The average molecular weight is 272 g/mol. The highest BCUT2D eigenvalue weighted by Crippen LogP contribution is 2.46. The number of amides is 2. The molecule has 0 aromatic heterocycles. The fraction of sp³-hybridized carbons (Fsp3) is 0.462. The zero-order chi connectivity index (χ0) is 14.3. The summed E-state index contributed by atoms with van der Waals surface area (Å²) in [6.45, 7) is 0. The van der Waals surface area contributed by atoms with Crippen molar-refractivity contribution in [2.75, 3.05) is 14.1 Å². The molecule has 3 nitrogen and oxygen atoms in total. The summed E-state index contributed by atoms with van der Waals surface area (Å²) in [5.41, 5.74) is -0.451. The highest BCUT2D eigenvalue weighted by atomic mass is 19.4. The van der Waals surface area contributed by atoms with Crippen LogP contribution in [0.3, 0.4) is 0 Å². The monoisotopic (exact) mass is 272 g/mol. The van der Waals surface area contributed by atoms with E-state index in [1.54, 1.807) is 14.1 Å². The van der Waals surface area contributed by atoms with Gasteiger partial charge in [-0.15, -0.1) is 0 Å². The van der Waals surface area contributed by atoms with E-state index in [4.69, 9.17) is 0 Å². The van der Waals surface area contributed by atoms with Gasteiger partial charge in [-0.25, -0.2) is 4.79 Å². The van der Waals surface area contributed by atoms with Gasteiger partial charge in [-0.1, -0.05) is 12.1 Å². The number of urea groups is 1. The number of hydrogen-bond acceptors (Lipinski definition) is 1. The molecule has 1 aromatic rings. The Morgan fingerprint density at radius 3 is 2.11 bits per heavy atom. The third kappa shape index (κ3) is 2.83. The lowest BCUT2D eigenvalue weighted by Crippen LogP contribution is -2.41. The molecular weight excluding hydrogens is 257 g/mol. The molecule has 2 amide bonds. The minimum Gasteiger partial charge on any atom is -0.331 e. The van der Waals surface area contributed by atoms with Crippen molar-refractivity contribution in [1.82, 2.24) is 10.2 Å². The molecule has 6 heteroatoms. The quantitative estimate of drug-likeness (QED) is 0.882. The van der Waals surface area contributed by atoms with E-state index >= 15 is 0 Å². The van der Waals surface area contributed by atoms with Crippen molar-refractivity contribution in [3.8, 4) is 0 Å². The van der Waals surface area contributed by atoms with Gasteiger partial charge in [0.1, 0.15) is 0 Å². The second kappa shape index (κ2) is 4.43. The molecule has 1 fully saturated rings. The maximum Gasteiger partial charge on any atom is 0.416 e. The van der Waals surface area contributed by atoms with Crippen LogP contribution in [0.2, 0.25) is 0 Å². The maximum atomic E-state index is 12.5. The van der Waals surface area contributed by atoms with Crippen molar-refractivity contribution in [2.45, 2.75) is 24.6 Å². The standard InChI is InChI=1S/C13H15F3N2O/c1-18(2)11(19)17-12(7-8-12)9-3-5-10(6-4-9)13(14,15)16/h3-6H,7-8H2,1-2H3,(H,17,19). The van der Waals surface area contributed by atoms with E-state index in [0.29, 0.717) is 0 Å². The smallest absolute Gasteiger partial charge is 0.331 e. The number of halogens is 3. The molecule has 0 saturated heterocycles. The van der Waals surface area contributed by atoms with Crippen LogP contribution in [-0.2, 0) is 11.7 Å². The Kier molecular flexibility index (Phi) is 3.20. The van der Waals surface area contributed by atoms with Crippen molar-refractivity contribution in [3.05, 3.63) is 35.4 Å².